The van der Waals surface area contributed by atoms with Gasteiger partial charge in [-0.3, -0.25) is 4.79 Å². The summed E-state index contributed by atoms with van der Waals surface area (Å²) in [5.41, 5.74) is 3.90. The molecular weight excluding hydrogens is 270 g/mol. The summed E-state index contributed by atoms with van der Waals surface area (Å²) in [6, 6.07) is 6.47. The van der Waals surface area contributed by atoms with Crippen molar-refractivity contribution in [3.8, 4) is 0 Å². The van der Waals surface area contributed by atoms with Crippen molar-refractivity contribution in [2.75, 3.05) is 25.5 Å². The van der Waals surface area contributed by atoms with Gasteiger partial charge in [-0.2, -0.15) is 0 Å². The molecule has 3 nitrogen and oxygen atoms in total. The summed E-state index contributed by atoms with van der Waals surface area (Å²) in [6.45, 7) is 6.60. The van der Waals surface area contributed by atoms with E-state index in [9.17, 15) is 4.79 Å². The Morgan fingerprint density at radius 2 is 2.30 bits per heavy atom. The van der Waals surface area contributed by atoms with Crippen LogP contribution in [-0.2, 0) is 15.3 Å². The Bertz CT molecular complexity index is 456. The second-order valence-corrected chi connectivity index (χ2v) is 6.44. The molecule has 1 aliphatic heterocycles. The van der Waals surface area contributed by atoms with Crippen LogP contribution in [0.5, 0.6) is 0 Å². The van der Waals surface area contributed by atoms with Gasteiger partial charge in [-0.25, -0.2) is 0 Å². The maximum atomic E-state index is 11.8. The topological polar surface area (TPSA) is 38.3 Å². The van der Waals surface area contributed by atoms with Gasteiger partial charge in [0, 0.05) is 24.8 Å². The van der Waals surface area contributed by atoms with Gasteiger partial charge >= 0.3 is 0 Å². The molecule has 0 spiro atoms. The molecular formula is C16H23NO2S. The lowest BCUT2D eigenvalue weighted by atomic mass is 10.1. The summed E-state index contributed by atoms with van der Waals surface area (Å²) in [4.78, 5) is 11.8. The van der Waals surface area contributed by atoms with E-state index in [-0.39, 0.29) is 5.91 Å². The van der Waals surface area contributed by atoms with E-state index in [1.54, 1.807) is 11.8 Å². The van der Waals surface area contributed by atoms with Crippen LogP contribution in [0.25, 0.3) is 0 Å². The quantitative estimate of drug-likeness (QED) is 0.876. The second-order valence-electron chi connectivity index (χ2n) is 5.46. The lowest BCUT2D eigenvalue weighted by Gasteiger charge is -2.10. The van der Waals surface area contributed by atoms with Gasteiger partial charge in [-0.15, -0.1) is 11.8 Å². The highest BCUT2D eigenvalue weighted by Gasteiger charge is 2.16. The number of nitrogens with one attached hydrogen (secondary N) is 1. The van der Waals surface area contributed by atoms with Crippen molar-refractivity contribution in [1.82, 2.24) is 5.32 Å². The van der Waals surface area contributed by atoms with Crippen molar-refractivity contribution in [1.29, 1.82) is 0 Å². The van der Waals surface area contributed by atoms with E-state index in [1.165, 1.54) is 16.7 Å². The van der Waals surface area contributed by atoms with Gasteiger partial charge in [0.2, 0.25) is 5.91 Å². The van der Waals surface area contributed by atoms with Crippen molar-refractivity contribution >= 4 is 17.7 Å². The van der Waals surface area contributed by atoms with Crippen LogP contribution in [0.3, 0.4) is 0 Å². The Hall–Kier alpha value is -1.00. The van der Waals surface area contributed by atoms with Gasteiger partial charge in [0.15, 0.2) is 0 Å². The summed E-state index contributed by atoms with van der Waals surface area (Å²) < 4.78 is 5.30. The first-order valence-corrected chi connectivity index (χ1v) is 8.29. The molecule has 0 radical (unpaired) electrons. The second kappa shape index (κ2) is 7.70. The largest absolute Gasteiger partial charge is 0.381 e. The predicted molar refractivity (Wildman–Crippen MR) is 84.0 cm³/mol. The molecule has 1 aromatic carbocycles. The van der Waals surface area contributed by atoms with Crippen molar-refractivity contribution < 1.29 is 9.53 Å². The first-order valence-electron chi connectivity index (χ1n) is 7.13. The molecule has 20 heavy (non-hydrogen) atoms. The normalized spacial score (nSPS) is 18.2. The molecule has 0 aromatic heterocycles. The average molecular weight is 293 g/mol. The number of hydrogen-bond donors (Lipinski definition) is 1. The van der Waals surface area contributed by atoms with Crippen molar-refractivity contribution in [2.45, 2.75) is 26.0 Å². The minimum atomic E-state index is 0.132. The summed E-state index contributed by atoms with van der Waals surface area (Å²) >= 11 is 1.68. The molecule has 1 fully saturated rings. The Balaban J connectivity index is 1.66. The third kappa shape index (κ3) is 4.84. The SMILES string of the molecule is Cc1ccc(C)c(CSCC(=O)NCC2CCOC2)c1. The number of amides is 1. The molecule has 0 bridgehead atoms. The number of hydrogen-bond acceptors (Lipinski definition) is 3. The lowest BCUT2D eigenvalue weighted by Crippen LogP contribution is -2.30. The fourth-order valence-electron chi connectivity index (χ4n) is 2.26. The summed E-state index contributed by atoms with van der Waals surface area (Å²) in [6.07, 6.45) is 1.07. The highest BCUT2D eigenvalue weighted by atomic mass is 32.2. The lowest BCUT2D eigenvalue weighted by molar-refractivity contribution is -0.118. The number of aryl methyl sites for hydroxylation is 2. The first kappa shape index (κ1) is 15.4. The fraction of sp³-hybridized carbons (Fsp3) is 0.562. The zero-order valence-electron chi connectivity index (χ0n) is 12.3. The average Bonchev–Trinajstić information content (AvgIpc) is 2.93. The van der Waals surface area contributed by atoms with E-state index in [0.29, 0.717) is 11.7 Å². The number of ether oxygens (including phenoxy) is 1. The highest BCUT2D eigenvalue weighted by molar-refractivity contribution is 7.99. The number of carbonyl (C=O) groups is 1. The third-order valence-corrected chi connectivity index (χ3v) is 4.59. The molecule has 2 rings (SSSR count). The number of rotatable bonds is 6. The van der Waals surface area contributed by atoms with Crippen LogP contribution in [0.1, 0.15) is 23.1 Å². The van der Waals surface area contributed by atoms with Gasteiger partial charge in [-0.05, 0) is 31.4 Å². The minimum absolute atomic E-state index is 0.132. The van der Waals surface area contributed by atoms with Crippen LogP contribution in [-0.4, -0.2) is 31.4 Å². The van der Waals surface area contributed by atoms with Crippen LogP contribution in [0.15, 0.2) is 18.2 Å². The van der Waals surface area contributed by atoms with Gasteiger partial charge in [0.1, 0.15) is 0 Å². The summed E-state index contributed by atoms with van der Waals surface area (Å²) in [5, 5.41) is 3.00. The third-order valence-electron chi connectivity index (χ3n) is 3.61. The molecule has 0 aliphatic carbocycles. The van der Waals surface area contributed by atoms with E-state index in [4.69, 9.17) is 4.74 Å². The zero-order valence-corrected chi connectivity index (χ0v) is 13.1. The Morgan fingerprint density at radius 1 is 1.45 bits per heavy atom. The molecule has 1 aliphatic rings. The molecule has 0 saturated carbocycles. The van der Waals surface area contributed by atoms with Gasteiger partial charge in [-0.1, -0.05) is 23.8 Å². The maximum absolute atomic E-state index is 11.8. The van der Waals surface area contributed by atoms with Gasteiger partial charge in [0.25, 0.3) is 0 Å². The van der Waals surface area contributed by atoms with Crippen LogP contribution < -0.4 is 5.32 Å². The van der Waals surface area contributed by atoms with Crippen molar-refractivity contribution in [3.63, 3.8) is 0 Å². The van der Waals surface area contributed by atoms with E-state index in [0.717, 1.165) is 31.9 Å². The monoisotopic (exact) mass is 293 g/mol. The maximum Gasteiger partial charge on any atom is 0.230 e. The Morgan fingerprint density at radius 3 is 3.05 bits per heavy atom. The molecule has 1 unspecified atom stereocenters. The molecule has 4 heteroatoms. The van der Waals surface area contributed by atoms with Gasteiger partial charge < -0.3 is 10.1 Å². The molecule has 1 N–H and O–H groups in total. The predicted octanol–water partition coefficient (Wildman–Crippen LogP) is 2.69. The van der Waals surface area contributed by atoms with E-state index >= 15 is 0 Å². The smallest absolute Gasteiger partial charge is 0.230 e. The zero-order chi connectivity index (χ0) is 14.4. The van der Waals surface area contributed by atoms with Gasteiger partial charge in [0.05, 0.1) is 12.4 Å². The Kier molecular flexibility index (Phi) is 5.92. The minimum Gasteiger partial charge on any atom is -0.381 e. The van der Waals surface area contributed by atoms with E-state index in [1.807, 2.05) is 0 Å². The first-order chi connectivity index (χ1) is 9.65. The summed E-state index contributed by atoms with van der Waals surface area (Å²) in [7, 11) is 0. The van der Waals surface area contributed by atoms with Crippen LogP contribution in [0, 0.1) is 19.8 Å². The number of thioether (sulfide) groups is 1. The van der Waals surface area contributed by atoms with Crippen LogP contribution in [0.4, 0.5) is 0 Å². The Labute approximate surface area is 125 Å². The van der Waals surface area contributed by atoms with Crippen molar-refractivity contribution in [2.24, 2.45) is 5.92 Å². The van der Waals surface area contributed by atoms with Crippen LogP contribution >= 0.6 is 11.8 Å². The van der Waals surface area contributed by atoms with Crippen molar-refractivity contribution in [3.05, 3.63) is 34.9 Å². The molecule has 110 valence electrons. The molecule has 1 heterocycles. The van der Waals surface area contributed by atoms with E-state index < -0.39 is 0 Å². The molecule has 1 aromatic rings. The molecule has 1 atom stereocenters. The highest BCUT2D eigenvalue weighted by Crippen LogP contribution is 2.17. The standard InChI is InChI=1S/C16H23NO2S/c1-12-3-4-13(2)15(7-12)10-20-11-16(18)17-8-14-5-6-19-9-14/h3-4,7,14H,5-6,8-11H2,1-2H3,(H,17,18). The van der Waals surface area contributed by atoms with Crippen LogP contribution in [0.2, 0.25) is 0 Å². The van der Waals surface area contributed by atoms with E-state index in [2.05, 4.69) is 37.4 Å². The number of benzene rings is 1. The number of carbonyl (C=O) groups excluding carboxylic acids is 1. The molecule has 1 amide bonds. The summed E-state index contributed by atoms with van der Waals surface area (Å²) in [5.74, 6) is 2.06. The fourth-order valence-corrected chi connectivity index (χ4v) is 3.18. The molecule has 1 saturated heterocycles.